The second-order valence-corrected chi connectivity index (χ2v) is 9.29. The Bertz CT molecular complexity index is 1790. The number of aromatic nitrogens is 1. The Kier molecular flexibility index (Phi) is 3.76. The predicted molar refractivity (Wildman–Crippen MR) is 140 cm³/mol. The predicted octanol–water partition coefficient (Wildman–Crippen LogP) is 8.93. The number of hydrogen-bond acceptors (Lipinski definition) is 0. The van der Waals surface area contributed by atoms with Crippen LogP contribution >= 0.6 is 15.9 Å². The van der Waals surface area contributed by atoms with Crippen molar-refractivity contribution in [1.29, 1.82) is 0 Å². The van der Waals surface area contributed by atoms with E-state index in [1.807, 2.05) is 0 Å². The first-order valence-electron chi connectivity index (χ1n) is 10.8. The van der Waals surface area contributed by atoms with Crippen LogP contribution in [0.5, 0.6) is 0 Å². The molecule has 7 rings (SSSR count). The van der Waals surface area contributed by atoms with Gasteiger partial charge in [-0.2, -0.15) is 0 Å². The zero-order valence-electron chi connectivity index (χ0n) is 17.2. The highest BCUT2D eigenvalue weighted by atomic mass is 79.9. The topological polar surface area (TPSA) is 4.41 Å². The number of para-hydroxylation sites is 2. The lowest BCUT2D eigenvalue weighted by Crippen LogP contribution is -1.83. The lowest BCUT2D eigenvalue weighted by Gasteiger charge is -2.07. The second-order valence-electron chi connectivity index (χ2n) is 8.38. The minimum atomic E-state index is 1.10. The van der Waals surface area contributed by atoms with Crippen molar-refractivity contribution in [2.24, 2.45) is 0 Å². The fourth-order valence-electron chi connectivity index (χ4n) is 5.16. The van der Waals surface area contributed by atoms with Crippen molar-refractivity contribution in [1.82, 2.24) is 4.40 Å². The van der Waals surface area contributed by atoms with Gasteiger partial charge in [0.25, 0.3) is 0 Å². The Hall–Kier alpha value is -3.62. The van der Waals surface area contributed by atoms with Crippen LogP contribution in [0.3, 0.4) is 0 Å². The highest BCUT2D eigenvalue weighted by Crippen LogP contribution is 2.40. The lowest BCUT2D eigenvalue weighted by molar-refractivity contribution is 1.37. The summed E-state index contributed by atoms with van der Waals surface area (Å²) in [6.07, 6.45) is 0. The van der Waals surface area contributed by atoms with Crippen LogP contribution in [0.25, 0.3) is 60.3 Å². The molecule has 1 nitrogen and oxygen atoms in total. The molecular formula is C30H18BrN. The molecule has 0 bridgehead atoms. The van der Waals surface area contributed by atoms with Crippen molar-refractivity contribution in [2.75, 3.05) is 0 Å². The van der Waals surface area contributed by atoms with Crippen LogP contribution in [0.2, 0.25) is 0 Å². The lowest BCUT2D eigenvalue weighted by atomic mass is 9.98. The molecular weight excluding hydrogens is 454 g/mol. The van der Waals surface area contributed by atoms with Gasteiger partial charge in [-0.3, -0.25) is 0 Å². The molecule has 0 unspecified atom stereocenters. The summed E-state index contributed by atoms with van der Waals surface area (Å²) in [6.45, 7) is 0. The number of fused-ring (bicyclic) bond motifs is 6. The van der Waals surface area contributed by atoms with E-state index in [1.54, 1.807) is 0 Å². The molecule has 150 valence electrons. The van der Waals surface area contributed by atoms with Gasteiger partial charge >= 0.3 is 0 Å². The first-order valence-corrected chi connectivity index (χ1v) is 11.6. The molecule has 0 saturated carbocycles. The van der Waals surface area contributed by atoms with E-state index in [0.29, 0.717) is 0 Å². The van der Waals surface area contributed by atoms with Crippen molar-refractivity contribution in [3.05, 3.63) is 114 Å². The van der Waals surface area contributed by atoms with Gasteiger partial charge < -0.3 is 4.40 Å². The van der Waals surface area contributed by atoms with E-state index in [9.17, 15) is 0 Å². The van der Waals surface area contributed by atoms with Gasteiger partial charge in [0.15, 0.2) is 0 Å². The molecule has 0 aliphatic heterocycles. The van der Waals surface area contributed by atoms with Crippen molar-refractivity contribution in [2.45, 2.75) is 0 Å². The van der Waals surface area contributed by atoms with Crippen LogP contribution in [0.4, 0.5) is 0 Å². The molecule has 32 heavy (non-hydrogen) atoms. The molecule has 7 aromatic rings. The second kappa shape index (κ2) is 6.69. The zero-order valence-corrected chi connectivity index (χ0v) is 18.8. The summed E-state index contributed by atoms with van der Waals surface area (Å²) in [5.41, 5.74) is 8.79. The Morgan fingerprint density at radius 2 is 1.03 bits per heavy atom. The highest BCUT2D eigenvalue weighted by molar-refractivity contribution is 9.10. The number of hydrogen-bond donors (Lipinski definition) is 0. The zero-order chi connectivity index (χ0) is 21.2. The number of nitrogens with zero attached hydrogens (tertiary/aromatic N) is 1. The van der Waals surface area contributed by atoms with Crippen LogP contribution in [-0.4, -0.2) is 4.40 Å². The number of benzene rings is 5. The molecule has 5 aromatic carbocycles. The maximum absolute atomic E-state index is 3.60. The van der Waals surface area contributed by atoms with Gasteiger partial charge in [0.2, 0.25) is 0 Å². The van der Waals surface area contributed by atoms with Gasteiger partial charge in [-0.05, 0) is 58.7 Å². The standard InChI is InChI=1S/C30H18BrN/c31-23-9-4-8-21(17-23)19-6-3-7-20(16-19)22-14-15-29-27(18-22)26-12-5-11-25-24-10-1-2-13-28(24)32(29)30(25)26/h1-18H. The van der Waals surface area contributed by atoms with E-state index in [-0.39, 0.29) is 0 Å². The van der Waals surface area contributed by atoms with Crippen molar-refractivity contribution >= 4 is 54.0 Å². The molecule has 0 radical (unpaired) electrons. The van der Waals surface area contributed by atoms with Gasteiger partial charge in [-0.15, -0.1) is 0 Å². The molecule has 2 aromatic heterocycles. The molecule has 0 spiro atoms. The highest BCUT2D eigenvalue weighted by Gasteiger charge is 2.17. The molecule has 0 amide bonds. The molecule has 0 fully saturated rings. The largest absolute Gasteiger partial charge is 0.308 e. The summed E-state index contributed by atoms with van der Waals surface area (Å²) < 4.78 is 3.52. The van der Waals surface area contributed by atoms with Crippen LogP contribution < -0.4 is 0 Å². The summed E-state index contributed by atoms with van der Waals surface area (Å²) in [6, 6.07) is 39.6. The average molecular weight is 472 g/mol. The molecule has 0 aliphatic carbocycles. The third kappa shape index (κ3) is 2.50. The summed E-state index contributed by atoms with van der Waals surface area (Å²) in [7, 11) is 0. The quantitative estimate of drug-likeness (QED) is 0.237. The summed E-state index contributed by atoms with van der Waals surface area (Å²) in [5, 5.41) is 5.27. The van der Waals surface area contributed by atoms with Gasteiger partial charge in [0.1, 0.15) is 0 Å². The summed E-state index contributed by atoms with van der Waals surface area (Å²) in [4.78, 5) is 0. The van der Waals surface area contributed by atoms with Crippen molar-refractivity contribution < 1.29 is 0 Å². The smallest absolute Gasteiger partial charge is 0.0620 e. The third-order valence-electron chi connectivity index (χ3n) is 6.58. The SMILES string of the molecule is Brc1cccc(-c2cccc(-c3ccc4c(c3)c3cccc5c6ccccc6n4c53)c2)c1. The van der Waals surface area contributed by atoms with Crippen LogP contribution in [0.15, 0.2) is 114 Å². The maximum atomic E-state index is 3.60. The molecule has 0 saturated heterocycles. The third-order valence-corrected chi connectivity index (χ3v) is 7.07. The van der Waals surface area contributed by atoms with Crippen LogP contribution in [0.1, 0.15) is 0 Å². The van der Waals surface area contributed by atoms with Crippen molar-refractivity contribution in [3.63, 3.8) is 0 Å². The Morgan fingerprint density at radius 3 is 1.84 bits per heavy atom. The minimum Gasteiger partial charge on any atom is -0.308 e. The van der Waals surface area contributed by atoms with Gasteiger partial charge in [-0.1, -0.05) is 88.7 Å². The van der Waals surface area contributed by atoms with Crippen molar-refractivity contribution in [3.8, 4) is 22.3 Å². The van der Waals surface area contributed by atoms with E-state index in [2.05, 4.69) is 130 Å². The van der Waals surface area contributed by atoms with E-state index in [0.717, 1.165) is 4.47 Å². The monoisotopic (exact) mass is 471 g/mol. The van der Waals surface area contributed by atoms with E-state index >= 15 is 0 Å². The molecule has 0 atom stereocenters. The molecule has 0 N–H and O–H groups in total. The Morgan fingerprint density at radius 1 is 0.438 bits per heavy atom. The Balaban J connectivity index is 1.47. The summed E-state index contributed by atoms with van der Waals surface area (Å²) >= 11 is 3.60. The van der Waals surface area contributed by atoms with E-state index in [1.165, 1.54) is 60.3 Å². The number of halogens is 1. The minimum absolute atomic E-state index is 1.10. The molecule has 0 aliphatic rings. The van der Waals surface area contributed by atoms with Gasteiger partial charge in [-0.25, -0.2) is 0 Å². The maximum Gasteiger partial charge on any atom is 0.0620 e. The molecule has 2 heteroatoms. The van der Waals surface area contributed by atoms with Gasteiger partial charge in [0.05, 0.1) is 16.6 Å². The first kappa shape index (κ1) is 18.0. The normalized spacial score (nSPS) is 11.9. The first-order chi connectivity index (χ1) is 15.8. The number of rotatable bonds is 2. The van der Waals surface area contributed by atoms with Gasteiger partial charge in [0, 0.05) is 26.0 Å². The average Bonchev–Trinajstić information content (AvgIpc) is 3.36. The summed E-state index contributed by atoms with van der Waals surface area (Å²) in [5.74, 6) is 0. The van der Waals surface area contributed by atoms with Crippen LogP contribution in [0, 0.1) is 0 Å². The fraction of sp³-hybridized carbons (Fsp3) is 0. The molecule has 2 heterocycles. The Labute approximate surface area is 194 Å². The van der Waals surface area contributed by atoms with E-state index in [4.69, 9.17) is 0 Å². The van der Waals surface area contributed by atoms with E-state index < -0.39 is 0 Å². The fourth-order valence-corrected chi connectivity index (χ4v) is 5.56. The van der Waals surface area contributed by atoms with Crippen LogP contribution in [-0.2, 0) is 0 Å².